The van der Waals surface area contributed by atoms with Gasteiger partial charge >= 0.3 is 0 Å². The van der Waals surface area contributed by atoms with E-state index in [2.05, 4.69) is 17.1 Å². The number of hydrogen-bond donors (Lipinski definition) is 0. The van der Waals surface area contributed by atoms with E-state index >= 15 is 0 Å². The largest absolute Gasteiger partial charge is 0.287 e. The summed E-state index contributed by atoms with van der Waals surface area (Å²) in [6.07, 6.45) is 3.09. The van der Waals surface area contributed by atoms with Crippen molar-refractivity contribution in [1.82, 2.24) is 9.78 Å². The maximum Gasteiger partial charge on any atom is 0.287 e. The van der Waals surface area contributed by atoms with Gasteiger partial charge < -0.3 is 0 Å². The zero-order valence-corrected chi connectivity index (χ0v) is 18.5. The summed E-state index contributed by atoms with van der Waals surface area (Å²) in [6, 6.07) is 24.2. The molecule has 0 saturated heterocycles. The molecule has 5 nitrogen and oxygen atoms in total. The number of aromatic nitrogens is 2. The Morgan fingerprint density at radius 3 is 2.18 bits per heavy atom. The Balaban J connectivity index is 1.81. The number of sulfone groups is 1. The van der Waals surface area contributed by atoms with E-state index in [4.69, 9.17) is 0 Å². The first kappa shape index (κ1) is 22.2. The SMILES string of the molecule is CS(=O)(=O)c1ccc(-c2cnn(C#CCc3ccccc3)c(=O)c2-c2ccc(F)cc2)cc1. The summed E-state index contributed by atoms with van der Waals surface area (Å²) in [5, 5.41) is 4.20. The Hall–Kier alpha value is -4.02. The Kier molecular flexibility index (Phi) is 6.20. The van der Waals surface area contributed by atoms with Crippen LogP contribution in [0.4, 0.5) is 4.39 Å². The van der Waals surface area contributed by atoms with E-state index in [9.17, 15) is 17.6 Å². The van der Waals surface area contributed by atoms with Gasteiger partial charge in [-0.25, -0.2) is 12.8 Å². The number of hydrogen-bond acceptors (Lipinski definition) is 4. The van der Waals surface area contributed by atoms with Crippen molar-refractivity contribution in [1.29, 1.82) is 0 Å². The van der Waals surface area contributed by atoms with Crippen LogP contribution in [-0.2, 0) is 16.3 Å². The number of nitrogens with zero attached hydrogens (tertiary/aromatic N) is 2. The van der Waals surface area contributed by atoms with Crippen LogP contribution in [0.1, 0.15) is 5.56 Å². The molecule has 1 heterocycles. The van der Waals surface area contributed by atoms with Gasteiger partial charge in [0.05, 0.1) is 16.7 Å². The summed E-state index contributed by atoms with van der Waals surface area (Å²) in [4.78, 5) is 13.5. The molecular weight excluding hydrogens is 439 g/mol. The molecule has 0 unspecified atom stereocenters. The molecule has 0 aliphatic rings. The molecule has 0 fully saturated rings. The lowest BCUT2D eigenvalue weighted by atomic mass is 9.97. The maximum atomic E-state index is 13.5. The lowest BCUT2D eigenvalue weighted by molar-refractivity contribution is 0.602. The van der Waals surface area contributed by atoms with E-state index in [1.807, 2.05) is 30.3 Å². The highest BCUT2D eigenvalue weighted by molar-refractivity contribution is 7.90. The smallest absolute Gasteiger partial charge is 0.266 e. The van der Waals surface area contributed by atoms with Crippen molar-refractivity contribution in [3.8, 4) is 34.2 Å². The van der Waals surface area contributed by atoms with Gasteiger partial charge in [-0.05, 0) is 41.0 Å². The first-order chi connectivity index (χ1) is 15.8. The second kappa shape index (κ2) is 9.23. The second-order valence-electron chi connectivity index (χ2n) is 7.40. The van der Waals surface area contributed by atoms with Crippen molar-refractivity contribution < 1.29 is 12.8 Å². The number of halogens is 1. The van der Waals surface area contributed by atoms with E-state index in [1.165, 1.54) is 42.6 Å². The molecule has 0 atom stereocenters. The average molecular weight is 459 g/mol. The predicted molar refractivity (Wildman–Crippen MR) is 126 cm³/mol. The van der Waals surface area contributed by atoms with Crippen LogP contribution in [0.3, 0.4) is 0 Å². The fourth-order valence-corrected chi connectivity index (χ4v) is 3.97. The lowest BCUT2D eigenvalue weighted by Gasteiger charge is -2.11. The summed E-state index contributed by atoms with van der Waals surface area (Å²) in [6.45, 7) is 0. The molecule has 4 aromatic rings. The van der Waals surface area contributed by atoms with Gasteiger partial charge in [0.1, 0.15) is 5.82 Å². The van der Waals surface area contributed by atoms with E-state index in [0.717, 1.165) is 16.5 Å². The van der Waals surface area contributed by atoms with Gasteiger partial charge in [0.2, 0.25) is 0 Å². The first-order valence-electron chi connectivity index (χ1n) is 10.0. The highest BCUT2D eigenvalue weighted by Gasteiger charge is 2.16. The molecule has 164 valence electrons. The molecule has 4 rings (SSSR count). The van der Waals surface area contributed by atoms with Crippen molar-refractivity contribution in [2.45, 2.75) is 11.3 Å². The zero-order chi connectivity index (χ0) is 23.4. The van der Waals surface area contributed by atoms with Gasteiger partial charge in [-0.15, -0.1) is 0 Å². The molecule has 0 bridgehead atoms. The molecule has 3 aromatic carbocycles. The standard InChI is InChI=1S/C26H19FN2O3S/c1-33(31,32)23-15-11-20(12-16-23)24-18-28-29(17-5-8-19-6-3-2-4-7-19)26(30)25(24)21-9-13-22(27)14-10-21/h2-4,6-7,9-16,18H,8H2,1H3. The van der Waals surface area contributed by atoms with Gasteiger partial charge in [0.15, 0.2) is 9.84 Å². The van der Waals surface area contributed by atoms with Crippen molar-refractivity contribution in [2.24, 2.45) is 0 Å². The molecule has 0 saturated carbocycles. The Labute approximate surface area is 191 Å². The van der Waals surface area contributed by atoms with E-state index < -0.39 is 21.2 Å². The molecule has 7 heteroatoms. The summed E-state index contributed by atoms with van der Waals surface area (Å²) in [5.74, 6) is 2.53. The summed E-state index contributed by atoms with van der Waals surface area (Å²) in [7, 11) is -3.36. The molecule has 33 heavy (non-hydrogen) atoms. The minimum absolute atomic E-state index is 0.169. The van der Waals surface area contributed by atoms with E-state index in [0.29, 0.717) is 28.7 Å². The lowest BCUT2D eigenvalue weighted by Crippen LogP contribution is -2.22. The summed E-state index contributed by atoms with van der Waals surface area (Å²) in [5.41, 5.74) is 2.46. The molecule has 0 amide bonds. The zero-order valence-electron chi connectivity index (χ0n) is 17.7. The van der Waals surface area contributed by atoms with Crippen molar-refractivity contribution in [3.05, 3.63) is 107 Å². The third-order valence-corrected chi connectivity index (χ3v) is 6.15. The second-order valence-corrected chi connectivity index (χ2v) is 9.42. The summed E-state index contributed by atoms with van der Waals surface area (Å²) < 4.78 is 38.2. The highest BCUT2D eigenvalue weighted by atomic mass is 32.2. The van der Waals surface area contributed by atoms with Gasteiger partial charge in [-0.2, -0.15) is 9.78 Å². The monoisotopic (exact) mass is 458 g/mol. The quantitative estimate of drug-likeness (QED) is 0.431. The van der Waals surface area contributed by atoms with E-state index in [1.54, 1.807) is 12.1 Å². The van der Waals surface area contributed by atoms with Crippen LogP contribution in [0, 0.1) is 17.8 Å². The number of benzene rings is 3. The van der Waals surface area contributed by atoms with Gasteiger partial charge in [-0.1, -0.05) is 60.5 Å². The normalized spacial score (nSPS) is 11.0. The highest BCUT2D eigenvalue weighted by Crippen LogP contribution is 2.29. The molecule has 0 aliphatic carbocycles. The Morgan fingerprint density at radius 1 is 0.909 bits per heavy atom. The Bertz CT molecular complexity index is 1520. The molecule has 0 spiro atoms. The minimum Gasteiger partial charge on any atom is -0.266 e. The van der Waals surface area contributed by atoms with Crippen LogP contribution in [0.25, 0.3) is 22.3 Å². The fourth-order valence-electron chi connectivity index (χ4n) is 3.34. The van der Waals surface area contributed by atoms with Crippen molar-refractivity contribution in [3.63, 3.8) is 0 Å². The molecule has 0 radical (unpaired) electrons. The third kappa shape index (κ3) is 5.08. The van der Waals surface area contributed by atoms with Crippen LogP contribution >= 0.6 is 0 Å². The van der Waals surface area contributed by atoms with Crippen LogP contribution in [0.15, 0.2) is 94.7 Å². The molecule has 0 aliphatic heterocycles. The van der Waals surface area contributed by atoms with Crippen LogP contribution in [-0.4, -0.2) is 24.5 Å². The van der Waals surface area contributed by atoms with Crippen LogP contribution in [0.5, 0.6) is 0 Å². The minimum atomic E-state index is -3.36. The van der Waals surface area contributed by atoms with Gasteiger partial charge in [0, 0.05) is 24.3 Å². The Morgan fingerprint density at radius 2 is 1.55 bits per heavy atom. The summed E-state index contributed by atoms with van der Waals surface area (Å²) >= 11 is 0. The fraction of sp³-hybridized carbons (Fsp3) is 0.0769. The van der Waals surface area contributed by atoms with Crippen LogP contribution in [0.2, 0.25) is 0 Å². The first-order valence-corrected chi connectivity index (χ1v) is 11.9. The van der Waals surface area contributed by atoms with Crippen LogP contribution < -0.4 is 5.56 Å². The molecule has 1 aromatic heterocycles. The van der Waals surface area contributed by atoms with Crippen molar-refractivity contribution in [2.75, 3.05) is 6.26 Å². The predicted octanol–water partition coefficient (Wildman–Crippen LogP) is 4.17. The van der Waals surface area contributed by atoms with E-state index in [-0.39, 0.29) is 4.90 Å². The topological polar surface area (TPSA) is 69.0 Å². The number of rotatable bonds is 4. The van der Waals surface area contributed by atoms with Gasteiger partial charge in [-0.3, -0.25) is 4.79 Å². The average Bonchev–Trinajstić information content (AvgIpc) is 2.81. The third-order valence-electron chi connectivity index (χ3n) is 5.02. The molecular formula is C26H19FN2O3S. The van der Waals surface area contributed by atoms with Gasteiger partial charge in [0.25, 0.3) is 5.56 Å². The molecule has 0 N–H and O–H groups in total. The maximum absolute atomic E-state index is 13.5. The van der Waals surface area contributed by atoms with Crippen molar-refractivity contribution >= 4 is 9.84 Å².